The van der Waals surface area contributed by atoms with Crippen LogP contribution in [0.3, 0.4) is 0 Å². The zero-order chi connectivity index (χ0) is 14.4. The number of guanidine groups is 1. The highest BCUT2D eigenvalue weighted by Gasteiger charge is 2.18. The minimum Gasteiger partial charge on any atom is -0.393 e. The lowest BCUT2D eigenvalue weighted by molar-refractivity contribution is 0.0824. The van der Waals surface area contributed by atoms with Crippen LogP contribution < -0.4 is 5.73 Å². The fourth-order valence-corrected chi connectivity index (χ4v) is 3.13. The van der Waals surface area contributed by atoms with Gasteiger partial charge in [-0.25, -0.2) is 0 Å². The fourth-order valence-electron chi connectivity index (χ4n) is 3.13. The molecular weight excluding hydrogens is 379 g/mol. The molecule has 1 atom stereocenters. The van der Waals surface area contributed by atoms with Crippen LogP contribution in [-0.4, -0.2) is 66.2 Å². The molecule has 2 aliphatic rings. The van der Waals surface area contributed by atoms with Crippen LogP contribution in [0.4, 0.5) is 0 Å². The van der Waals surface area contributed by atoms with Gasteiger partial charge in [-0.05, 0) is 44.6 Å². The maximum atomic E-state index is 9.47. The summed E-state index contributed by atoms with van der Waals surface area (Å²) in [6.07, 6.45) is 5.34. The molecular formula is C15H31IN4O. The average molecular weight is 410 g/mol. The van der Waals surface area contributed by atoms with Crippen molar-refractivity contribution in [1.29, 1.82) is 0 Å². The molecule has 2 heterocycles. The number of aliphatic hydroxyl groups excluding tert-OH is 1. The summed E-state index contributed by atoms with van der Waals surface area (Å²) >= 11 is 0. The molecule has 2 rings (SSSR count). The molecule has 124 valence electrons. The molecule has 6 heteroatoms. The van der Waals surface area contributed by atoms with Crippen LogP contribution in [0.25, 0.3) is 0 Å². The van der Waals surface area contributed by atoms with Gasteiger partial charge in [0.25, 0.3) is 0 Å². The van der Waals surface area contributed by atoms with Gasteiger partial charge in [0.05, 0.1) is 6.10 Å². The number of halogens is 1. The van der Waals surface area contributed by atoms with Crippen molar-refractivity contribution >= 4 is 29.9 Å². The summed E-state index contributed by atoms with van der Waals surface area (Å²) in [7, 11) is 0. The first-order chi connectivity index (χ1) is 9.65. The topological polar surface area (TPSA) is 65.1 Å². The minimum atomic E-state index is -0.0824. The van der Waals surface area contributed by atoms with Crippen LogP contribution >= 0.6 is 24.0 Å². The lowest BCUT2D eigenvalue weighted by Crippen LogP contribution is -2.43. The first-order valence-corrected chi connectivity index (χ1v) is 8.10. The second-order valence-corrected chi connectivity index (χ2v) is 6.36. The highest BCUT2D eigenvalue weighted by Crippen LogP contribution is 2.15. The molecule has 5 nitrogen and oxygen atoms in total. The molecule has 0 aromatic carbocycles. The van der Waals surface area contributed by atoms with Crippen LogP contribution in [0.5, 0.6) is 0 Å². The van der Waals surface area contributed by atoms with E-state index >= 15 is 0 Å². The van der Waals surface area contributed by atoms with E-state index in [9.17, 15) is 5.11 Å². The van der Waals surface area contributed by atoms with E-state index in [0.29, 0.717) is 0 Å². The number of likely N-dealkylation sites (tertiary alicyclic amines) is 2. The second-order valence-electron chi connectivity index (χ2n) is 6.36. The normalized spacial score (nSPS) is 25.7. The molecule has 0 aromatic rings. The molecule has 0 spiro atoms. The van der Waals surface area contributed by atoms with Crippen LogP contribution in [-0.2, 0) is 0 Å². The summed E-state index contributed by atoms with van der Waals surface area (Å²) in [5.74, 6) is 1.46. The van der Waals surface area contributed by atoms with E-state index in [1.807, 2.05) is 0 Å². The molecule has 2 saturated heterocycles. The van der Waals surface area contributed by atoms with Crippen molar-refractivity contribution in [3.63, 3.8) is 0 Å². The molecule has 2 aliphatic heterocycles. The summed E-state index contributed by atoms with van der Waals surface area (Å²) < 4.78 is 0. The Kier molecular flexibility index (Phi) is 8.89. The Morgan fingerprint density at radius 2 is 1.95 bits per heavy atom. The number of piperidine rings is 2. The average Bonchev–Trinajstić information content (AvgIpc) is 2.45. The van der Waals surface area contributed by atoms with E-state index in [-0.39, 0.29) is 30.1 Å². The molecule has 0 aromatic heterocycles. The minimum absolute atomic E-state index is 0. The Balaban J connectivity index is 0.00000220. The molecule has 0 radical (unpaired) electrons. The third kappa shape index (κ3) is 6.69. The van der Waals surface area contributed by atoms with Gasteiger partial charge in [-0.15, -0.1) is 24.0 Å². The van der Waals surface area contributed by atoms with Crippen molar-refractivity contribution < 1.29 is 5.11 Å². The maximum absolute atomic E-state index is 9.47. The predicted molar refractivity (Wildman–Crippen MR) is 98.2 cm³/mol. The van der Waals surface area contributed by atoms with Crippen molar-refractivity contribution in [2.24, 2.45) is 16.6 Å². The number of rotatable bonds is 4. The first-order valence-electron chi connectivity index (χ1n) is 8.10. The van der Waals surface area contributed by atoms with Crippen molar-refractivity contribution in [2.45, 2.75) is 45.1 Å². The summed E-state index contributed by atoms with van der Waals surface area (Å²) in [6.45, 7) is 8.32. The van der Waals surface area contributed by atoms with Gasteiger partial charge < -0.3 is 20.6 Å². The van der Waals surface area contributed by atoms with E-state index in [1.54, 1.807) is 0 Å². The largest absolute Gasteiger partial charge is 0.393 e. The van der Waals surface area contributed by atoms with E-state index in [4.69, 9.17) is 5.73 Å². The van der Waals surface area contributed by atoms with Crippen LogP contribution in [0.15, 0.2) is 4.99 Å². The SMILES string of the molecule is CC1CCCN(C(N)=NCCCN2CCC(O)CC2)C1.I. The smallest absolute Gasteiger partial charge is 0.191 e. The second kappa shape index (κ2) is 9.84. The Labute approximate surface area is 146 Å². The summed E-state index contributed by atoms with van der Waals surface area (Å²) in [4.78, 5) is 9.17. The van der Waals surface area contributed by atoms with Gasteiger partial charge in [0.1, 0.15) is 0 Å². The predicted octanol–water partition coefficient (Wildman–Crippen LogP) is 1.50. The molecule has 0 bridgehead atoms. The van der Waals surface area contributed by atoms with Crippen molar-refractivity contribution in [3.8, 4) is 0 Å². The van der Waals surface area contributed by atoms with Gasteiger partial charge in [0, 0.05) is 32.7 Å². The zero-order valence-corrected chi connectivity index (χ0v) is 15.5. The molecule has 2 fully saturated rings. The number of hydrogen-bond acceptors (Lipinski definition) is 3. The van der Waals surface area contributed by atoms with E-state index in [0.717, 1.165) is 70.4 Å². The van der Waals surface area contributed by atoms with Gasteiger partial charge in [0.15, 0.2) is 5.96 Å². The molecule has 0 aliphatic carbocycles. The van der Waals surface area contributed by atoms with Gasteiger partial charge in [-0.3, -0.25) is 4.99 Å². The van der Waals surface area contributed by atoms with Crippen molar-refractivity contribution in [1.82, 2.24) is 9.80 Å². The standard InChI is InChI=1S/C15H30N4O.HI/c1-13-4-2-9-19(12-13)15(16)17-7-3-8-18-10-5-14(20)6-11-18;/h13-14,20H,2-12H2,1H3,(H2,16,17);1H. The quantitative estimate of drug-likeness (QED) is 0.319. The number of aliphatic imine (C=N–C) groups is 1. The van der Waals surface area contributed by atoms with E-state index < -0.39 is 0 Å². The van der Waals surface area contributed by atoms with Gasteiger partial charge in [0.2, 0.25) is 0 Å². The molecule has 0 saturated carbocycles. The number of hydrogen-bond donors (Lipinski definition) is 2. The summed E-state index contributed by atoms with van der Waals surface area (Å²) in [5, 5.41) is 9.47. The monoisotopic (exact) mass is 410 g/mol. The van der Waals surface area contributed by atoms with Crippen molar-refractivity contribution in [3.05, 3.63) is 0 Å². The molecule has 1 unspecified atom stereocenters. The Morgan fingerprint density at radius 3 is 2.62 bits per heavy atom. The number of aliphatic hydroxyl groups is 1. The highest BCUT2D eigenvalue weighted by atomic mass is 127. The molecule has 0 amide bonds. The Morgan fingerprint density at radius 1 is 1.24 bits per heavy atom. The van der Waals surface area contributed by atoms with Gasteiger partial charge >= 0.3 is 0 Å². The summed E-state index contributed by atoms with van der Waals surface area (Å²) in [6, 6.07) is 0. The van der Waals surface area contributed by atoms with Gasteiger partial charge in [-0.2, -0.15) is 0 Å². The molecule has 3 N–H and O–H groups in total. The van der Waals surface area contributed by atoms with Crippen LogP contribution in [0.2, 0.25) is 0 Å². The lowest BCUT2D eigenvalue weighted by Gasteiger charge is -2.31. The first kappa shape index (κ1) is 19.0. The Hall–Kier alpha value is -0.0800. The third-order valence-corrected chi connectivity index (χ3v) is 4.44. The van der Waals surface area contributed by atoms with Crippen LogP contribution in [0, 0.1) is 5.92 Å². The Bertz CT molecular complexity index is 319. The van der Waals surface area contributed by atoms with Crippen LogP contribution in [0.1, 0.15) is 39.0 Å². The number of nitrogens with zero attached hydrogens (tertiary/aromatic N) is 3. The van der Waals surface area contributed by atoms with E-state index in [2.05, 4.69) is 21.7 Å². The highest BCUT2D eigenvalue weighted by molar-refractivity contribution is 14.0. The zero-order valence-electron chi connectivity index (χ0n) is 13.2. The van der Waals surface area contributed by atoms with Gasteiger partial charge in [-0.1, -0.05) is 6.92 Å². The molecule has 21 heavy (non-hydrogen) atoms. The summed E-state index contributed by atoms with van der Waals surface area (Å²) in [5.41, 5.74) is 6.08. The van der Waals surface area contributed by atoms with E-state index in [1.165, 1.54) is 12.8 Å². The van der Waals surface area contributed by atoms with Crippen molar-refractivity contribution in [2.75, 3.05) is 39.3 Å². The number of nitrogens with two attached hydrogens (primary N) is 1. The lowest BCUT2D eigenvalue weighted by atomic mass is 10.0. The fraction of sp³-hybridized carbons (Fsp3) is 0.933. The third-order valence-electron chi connectivity index (χ3n) is 4.44. The maximum Gasteiger partial charge on any atom is 0.191 e.